The lowest BCUT2D eigenvalue weighted by Gasteiger charge is -2.45. The van der Waals surface area contributed by atoms with E-state index >= 15 is 0 Å². The number of nitrogens with one attached hydrogen (secondary N) is 1. The van der Waals surface area contributed by atoms with E-state index in [-0.39, 0.29) is 29.9 Å². The van der Waals surface area contributed by atoms with Crippen LogP contribution in [0.2, 0.25) is 0 Å². The fourth-order valence-corrected chi connectivity index (χ4v) is 8.66. The molecule has 4 amide bonds. The number of carbonyl (C=O) groups is 4. The molecule has 3 saturated heterocycles. The molecule has 2 N–H and O–H groups in total. The van der Waals surface area contributed by atoms with Crippen molar-refractivity contribution in [2.75, 3.05) is 45.9 Å². The van der Waals surface area contributed by atoms with Crippen LogP contribution in [0.4, 0.5) is 0 Å². The second kappa shape index (κ2) is 18.5. The van der Waals surface area contributed by atoms with Crippen molar-refractivity contribution >= 4 is 23.6 Å². The summed E-state index contributed by atoms with van der Waals surface area (Å²) >= 11 is 0. The molecule has 0 radical (unpaired) electrons. The molecule has 0 bridgehead atoms. The average Bonchev–Trinajstić information content (AvgIpc) is 3.67. The zero-order chi connectivity index (χ0) is 39.7. The highest BCUT2D eigenvalue weighted by Crippen LogP contribution is 2.27. The lowest BCUT2D eigenvalue weighted by atomic mass is 9.96. The van der Waals surface area contributed by atoms with Gasteiger partial charge in [-0.3, -0.25) is 24.1 Å². The van der Waals surface area contributed by atoms with Gasteiger partial charge in [-0.25, -0.2) is 0 Å². The molecule has 0 spiro atoms. The predicted octanol–water partition coefficient (Wildman–Crippen LogP) is 4.26. The van der Waals surface area contributed by atoms with Crippen LogP contribution in [0.5, 0.6) is 11.5 Å². The van der Waals surface area contributed by atoms with Gasteiger partial charge in [0.2, 0.25) is 0 Å². The van der Waals surface area contributed by atoms with Crippen molar-refractivity contribution in [3.8, 4) is 11.5 Å². The van der Waals surface area contributed by atoms with Crippen molar-refractivity contribution in [1.29, 1.82) is 0 Å². The fraction of sp³-hybridized carbons (Fsp3) is 0.391. The van der Waals surface area contributed by atoms with Crippen LogP contribution in [-0.2, 0) is 44.9 Å². The zero-order valence-corrected chi connectivity index (χ0v) is 32.7. The highest BCUT2D eigenvalue weighted by Gasteiger charge is 2.44. The molecule has 0 aromatic heterocycles. The van der Waals surface area contributed by atoms with Crippen LogP contribution in [0.3, 0.4) is 0 Å². The van der Waals surface area contributed by atoms with Gasteiger partial charge in [-0.05, 0) is 98.5 Å². The van der Waals surface area contributed by atoms with Gasteiger partial charge in [0.15, 0.2) is 0 Å². The number of nitrogens with zero attached hydrogens (tertiary/aromatic N) is 4. The number of piperazine rings is 2. The van der Waals surface area contributed by atoms with E-state index in [1.807, 2.05) is 91.9 Å². The Balaban J connectivity index is 1.13. The summed E-state index contributed by atoms with van der Waals surface area (Å²) in [6.45, 7) is 5.38. The number of carbonyl (C=O) groups excluding carboxylic acids is 4. The second-order valence-corrected chi connectivity index (χ2v) is 15.5. The molecule has 4 aromatic rings. The minimum Gasteiger partial charge on any atom is -0.508 e. The van der Waals surface area contributed by atoms with Gasteiger partial charge in [-0.15, -0.1) is 0 Å². The molecule has 3 aliphatic rings. The summed E-state index contributed by atoms with van der Waals surface area (Å²) in [5, 5.41) is 12.8. The first-order valence-corrected chi connectivity index (χ1v) is 20.3. The van der Waals surface area contributed by atoms with E-state index in [1.54, 1.807) is 26.8 Å². The fourth-order valence-electron chi connectivity index (χ4n) is 8.66. The summed E-state index contributed by atoms with van der Waals surface area (Å²) in [5.74, 6) is -1.14. The van der Waals surface area contributed by atoms with Crippen molar-refractivity contribution in [3.63, 3.8) is 0 Å². The Hall–Kier alpha value is -5.68. The van der Waals surface area contributed by atoms with Gasteiger partial charge < -0.3 is 29.9 Å². The number of hydrogen-bond acceptors (Lipinski definition) is 7. The molecular formula is C46H53N5O6. The summed E-state index contributed by atoms with van der Waals surface area (Å²) in [4.78, 5) is 62.4. The number of benzene rings is 4. The van der Waals surface area contributed by atoms with Crippen LogP contribution in [0, 0.1) is 0 Å². The summed E-state index contributed by atoms with van der Waals surface area (Å²) in [6, 6.07) is 34.2. The average molecular weight is 772 g/mol. The van der Waals surface area contributed by atoms with Gasteiger partial charge >= 0.3 is 23.6 Å². The quantitative estimate of drug-likeness (QED) is 0.163. The summed E-state index contributed by atoms with van der Waals surface area (Å²) in [5.41, 5.74) is 4.18. The lowest BCUT2D eigenvalue weighted by Crippen LogP contribution is -2.65. The van der Waals surface area contributed by atoms with E-state index in [9.17, 15) is 24.3 Å². The third-order valence-corrected chi connectivity index (χ3v) is 11.7. The van der Waals surface area contributed by atoms with Crippen LogP contribution in [0.1, 0.15) is 42.0 Å². The van der Waals surface area contributed by atoms with Crippen molar-refractivity contribution < 1.29 is 29.0 Å². The Morgan fingerprint density at radius 3 is 2.07 bits per heavy atom. The number of amides is 4. The van der Waals surface area contributed by atoms with Crippen LogP contribution in [0.25, 0.3) is 0 Å². The summed E-state index contributed by atoms with van der Waals surface area (Å²) in [6.07, 6.45) is 4.08. The van der Waals surface area contributed by atoms with E-state index in [0.29, 0.717) is 65.0 Å². The number of hydrogen-bond donors (Lipinski definition) is 2. The van der Waals surface area contributed by atoms with Crippen molar-refractivity contribution in [1.82, 2.24) is 24.9 Å². The monoisotopic (exact) mass is 771 g/mol. The molecule has 0 saturated carbocycles. The zero-order valence-electron chi connectivity index (χ0n) is 32.7. The van der Waals surface area contributed by atoms with Gasteiger partial charge in [0, 0.05) is 44.8 Å². The molecular weight excluding hydrogens is 719 g/mol. The maximum atomic E-state index is 14.4. The summed E-state index contributed by atoms with van der Waals surface area (Å²) < 4.78 is 5.61. The van der Waals surface area contributed by atoms with Gasteiger partial charge in [0.1, 0.15) is 11.5 Å². The van der Waals surface area contributed by atoms with Crippen molar-refractivity contribution in [2.24, 2.45) is 0 Å². The Morgan fingerprint density at radius 2 is 1.37 bits per heavy atom. The number of likely N-dealkylation sites (tertiary alicyclic amines) is 1. The van der Waals surface area contributed by atoms with Gasteiger partial charge in [-0.2, -0.15) is 0 Å². The molecule has 298 valence electrons. The molecule has 4 atom stereocenters. The van der Waals surface area contributed by atoms with Crippen molar-refractivity contribution in [3.05, 3.63) is 131 Å². The van der Waals surface area contributed by atoms with Crippen LogP contribution < -0.4 is 10.1 Å². The topological polar surface area (TPSA) is 123 Å². The SMILES string of the molecule is CCOc1ccc(CCN2C(=O)C(=O)N([C@@H](Cc3ccccc3)CN3CCC[C@H]3CN3C(=O)C(=O)NC[C@@H]3Cc3ccccc3)C[C@@H]2Cc2ccc(O)cc2)cc1. The second-order valence-electron chi connectivity index (χ2n) is 15.5. The number of aromatic hydroxyl groups is 1. The van der Waals surface area contributed by atoms with Gasteiger partial charge in [0.05, 0.1) is 18.7 Å². The van der Waals surface area contributed by atoms with Crippen LogP contribution in [0.15, 0.2) is 109 Å². The number of ether oxygens (including phenoxy) is 1. The van der Waals surface area contributed by atoms with E-state index in [0.717, 1.165) is 47.4 Å². The normalized spacial score (nSPS) is 20.9. The first kappa shape index (κ1) is 39.6. The summed E-state index contributed by atoms with van der Waals surface area (Å²) in [7, 11) is 0. The number of phenols is 1. The smallest absolute Gasteiger partial charge is 0.312 e. The molecule has 0 unspecified atom stereocenters. The Kier molecular flexibility index (Phi) is 12.8. The molecule has 3 aliphatic heterocycles. The largest absolute Gasteiger partial charge is 0.508 e. The van der Waals surface area contributed by atoms with Gasteiger partial charge in [0.25, 0.3) is 0 Å². The highest BCUT2D eigenvalue weighted by molar-refractivity contribution is 6.36. The van der Waals surface area contributed by atoms with Crippen LogP contribution in [-0.4, -0.2) is 118 Å². The Labute approximate surface area is 335 Å². The third-order valence-electron chi connectivity index (χ3n) is 11.7. The lowest BCUT2D eigenvalue weighted by molar-refractivity contribution is -0.161. The molecule has 11 heteroatoms. The highest BCUT2D eigenvalue weighted by atomic mass is 16.5. The maximum Gasteiger partial charge on any atom is 0.312 e. The predicted molar refractivity (Wildman–Crippen MR) is 218 cm³/mol. The van der Waals surface area contributed by atoms with Gasteiger partial charge in [-0.1, -0.05) is 84.9 Å². The first-order valence-electron chi connectivity index (χ1n) is 20.3. The molecule has 57 heavy (non-hydrogen) atoms. The number of phenolic OH excluding ortho intramolecular Hbond substituents is 1. The molecule has 11 nitrogen and oxygen atoms in total. The molecule has 3 fully saturated rings. The molecule has 4 aromatic carbocycles. The number of rotatable bonds is 16. The molecule has 3 heterocycles. The minimum absolute atomic E-state index is 0.00889. The molecule has 0 aliphatic carbocycles. The maximum absolute atomic E-state index is 14.4. The van der Waals surface area contributed by atoms with Crippen molar-refractivity contribution in [2.45, 2.75) is 69.6 Å². The first-order chi connectivity index (χ1) is 27.7. The van der Waals surface area contributed by atoms with E-state index in [2.05, 4.69) is 22.3 Å². The van der Waals surface area contributed by atoms with E-state index < -0.39 is 23.6 Å². The third kappa shape index (κ3) is 9.83. The van der Waals surface area contributed by atoms with Crippen LogP contribution >= 0.6 is 0 Å². The van der Waals surface area contributed by atoms with E-state index in [1.165, 1.54) is 0 Å². The Morgan fingerprint density at radius 1 is 0.719 bits per heavy atom. The Bertz CT molecular complexity index is 1980. The standard InChI is InChI=1S/C46H53N5O6/c1-2-57-42-21-17-33(18-22-42)23-25-49-40(28-36-15-19-41(52)20-16-36)32-51(46(56)45(49)55)39(27-35-12-7-4-8-13-35)30-48-24-9-14-37(48)31-50-38(29-47-43(53)44(50)54)26-34-10-5-3-6-11-34/h3-8,10-13,15-22,37-40,52H,2,9,14,23-32H2,1H3,(H,47,53)/t37-,38-,39-,40-/m0/s1. The van der Waals surface area contributed by atoms with E-state index in [4.69, 9.17) is 4.74 Å². The molecule has 7 rings (SSSR count). The minimum atomic E-state index is -0.574.